The van der Waals surface area contributed by atoms with E-state index in [1.165, 1.54) is 0 Å². The van der Waals surface area contributed by atoms with Crippen molar-refractivity contribution in [1.82, 2.24) is 0 Å². The lowest BCUT2D eigenvalue weighted by atomic mass is 10.2. The third-order valence-corrected chi connectivity index (χ3v) is 3.15. The first-order chi connectivity index (χ1) is 9.22. The molecular weight excluding hydrogens is 244 g/mol. The summed E-state index contributed by atoms with van der Waals surface area (Å²) < 4.78 is 10.8. The topological polar surface area (TPSA) is 64.8 Å². The van der Waals surface area contributed by atoms with E-state index < -0.39 is 0 Å². The second-order valence-corrected chi connectivity index (χ2v) is 4.53. The molecule has 0 bridgehead atoms. The van der Waals surface area contributed by atoms with Crippen molar-refractivity contribution in [3.05, 3.63) is 24.3 Å². The molecule has 19 heavy (non-hydrogen) atoms. The fourth-order valence-corrected chi connectivity index (χ4v) is 2.06. The minimum atomic E-state index is -0.293. The molecule has 1 aromatic rings. The number of amides is 1. The molecule has 1 saturated heterocycles. The SMILES string of the molecule is CN(C(=O)C1CCCO1)c1ccc(OCCN)cc1. The zero-order valence-corrected chi connectivity index (χ0v) is 11.2. The van der Waals surface area contributed by atoms with Crippen LogP contribution in [-0.2, 0) is 9.53 Å². The Bertz CT molecular complexity index is 413. The van der Waals surface area contributed by atoms with Gasteiger partial charge in [0.25, 0.3) is 5.91 Å². The Morgan fingerprint density at radius 2 is 2.21 bits per heavy atom. The number of likely N-dealkylation sites (N-methyl/N-ethyl adjacent to an activating group) is 1. The number of benzene rings is 1. The van der Waals surface area contributed by atoms with Crippen LogP contribution in [0.5, 0.6) is 5.75 Å². The highest BCUT2D eigenvalue weighted by molar-refractivity contribution is 5.96. The number of hydrogen-bond acceptors (Lipinski definition) is 4. The van der Waals surface area contributed by atoms with Gasteiger partial charge in [0.05, 0.1) is 0 Å². The molecule has 1 aliphatic heterocycles. The van der Waals surface area contributed by atoms with E-state index >= 15 is 0 Å². The minimum absolute atomic E-state index is 0.00752. The molecule has 0 aliphatic carbocycles. The molecule has 0 radical (unpaired) electrons. The predicted octanol–water partition coefficient (Wildman–Crippen LogP) is 1.17. The van der Waals surface area contributed by atoms with Crippen molar-refractivity contribution in [2.45, 2.75) is 18.9 Å². The van der Waals surface area contributed by atoms with Crippen LogP contribution in [-0.4, -0.2) is 38.8 Å². The van der Waals surface area contributed by atoms with Gasteiger partial charge in [-0.15, -0.1) is 0 Å². The molecule has 0 saturated carbocycles. The number of ether oxygens (including phenoxy) is 2. The average Bonchev–Trinajstić information content (AvgIpc) is 2.98. The zero-order chi connectivity index (χ0) is 13.7. The maximum atomic E-state index is 12.2. The lowest BCUT2D eigenvalue weighted by Gasteiger charge is -2.21. The third-order valence-electron chi connectivity index (χ3n) is 3.15. The van der Waals surface area contributed by atoms with Crippen LogP contribution in [0.3, 0.4) is 0 Å². The number of anilines is 1. The van der Waals surface area contributed by atoms with Crippen LogP contribution >= 0.6 is 0 Å². The van der Waals surface area contributed by atoms with Gasteiger partial charge in [0.15, 0.2) is 0 Å². The Kier molecular flexibility index (Phi) is 4.76. The Hall–Kier alpha value is -1.59. The van der Waals surface area contributed by atoms with Crippen molar-refractivity contribution in [3.63, 3.8) is 0 Å². The fourth-order valence-electron chi connectivity index (χ4n) is 2.06. The Morgan fingerprint density at radius 3 is 2.79 bits per heavy atom. The monoisotopic (exact) mass is 264 g/mol. The van der Waals surface area contributed by atoms with E-state index in [0.717, 1.165) is 24.3 Å². The molecule has 104 valence electrons. The first-order valence-electron chi connectivity index (χ1n) is 6.54. The van der Waals surface area contributed by atoms with Gasteiger partial charge in [-0.25, -0.2) is 0 Å². The molecule has 0 spiro atoms. The van der Waals surface area contributed by atoms with Crippen molar-refractivity contribution < 1.29 is 14.3 Å². The summed E-state index contributed by atoms with van der Waals surface area (Å²) in [5.41, 5.74) is 6.21. The number of hydrogen-bond donors (Lipinski definition) is 1. The maximum Gasteiger partial charge on any atom is 0.255 e. The molecule has 2 N–H and O–H groups in total. The summed E-state index contributed by atoms with van der Waals surface area (Å²) in [4.78, 5) is 13.8. The van der Waals surface area contributed by atoms with Crippen molar-refractivity contribution in [1.29, 1.82) is 0 Å². The fraction of sp³-hybridized carbons (Fsp3) is 0.500. The van der Waals surface area contributed by atoms with Gasteiger partial charge in [-0.3, -0.25) is 4.79 Å². The summed E-state index contributed by atoms with van der Waals surface area (Å²) in [5, 5.41) is 0. The Morgan fingerprint density at radius 1 is 1.47 bits per heavy atom. The van der Waals surface area contributed by atoms with Crippen LogP contribution in [0.4, 0.5) is 5.69 Å². The summed E-state index contributed by atoms with van der Waals surface area (Å²) in [6.07, 6.45) is 1.47. The van der Waals surface area contributed by atoms with Gasteiger partial charge >= 0.3 is 0 Å². The lowest BCUT2D eigenvalue weighted by Crippen LogP contribution is -2.35. The highest BCUT2D eigenvalue weighted by atomic mass is 16.5. The van der Waals surface area contributed by atoms with Crippen LogP contribution in [0, 0.1) is 0 Å². The Labute approximate surface area is 113 Å². The second-order valence-electron chi connectivity index (χ2n) is 4.53. The Balaban J connectivity index is 1.98. The molecule has 1 aromatic carbocycles. The zero-order valence-electron chi connectivity index (χ0n) is 11.2. The molecule has 1 atom stereocenters. The molecular formula is C14H20N2O3. The largest absolute Gasteiger partial charge is 0.492 e. The number of nitrogens with zero attached hydrogens (tertiary/aromatic N) is 1. The predicted molar refractivity (Wildman–Crippen MR) is 73.4 cm³/mol. The number of carbonyl (C=O) groups is 1. The highest BCUT2D eigenvalue weighted by Gasteiger charge is 2.26. The molecule has 1 amide bonds. The van der Waals surface area contributed by atoms with Gasteiger partial charge in [-0.1, -0.05) is 0 Å². The van der Waals surface area contributed by atoms with E-state index in [1.54, 1.807) is 11.9 Å². The molecule has 0 aromatic heterocycles. The van der Waals surface area contributed by atoms with Crippen molar-refractivity contribution in [2.75, 3.05) is 31.7 Å². The van der Waals surface area contributed by atoms with Crippen LogP contribution in [0.1, 0.15) is 12.8 Å². The van der Waals surface area contributed by atoms with Crippen LogP contribution in [0.25, 0.3) is 0 Å². The summed E-state index contributed by atoms with van der Waals surface area (Å²) in [6.45, 7) is 1.65. The first-order valence-corrected chi connectivity index (χ1v) is 6.54. The number of nitrogens with two attached hydrogens (primary N) is 1. The average molecular weight is 264 g/mol. The molecule has 1 unspecified atom stereocenters. The molecule has 2 rings (SSSR count). The van der Waals surface area contributed by atoms with Gasteiger partial charge in [-0.2, -0.15) is 0 Å². The van der Waals surface area contributed by atoms with E-state index in [1.807, 2.05) is 24.3 Å². The summed E-state index contributed by atoms with van der Waals surface area (Å²) in [6, 6.07) is 7.39. The molecule has 5 nitrogen and oxygen atoms in total. The van der Waals surface area contributed by atoms with Crippen molar-refractivity contribution in [2.24, 2.45) is 5.73 Å². The number of carbonyl (C=O) groups excluding carboxylic acids is 1. The summed E-state index contributed by atoms with van der Waals surface area (Å²) >= 11 is 0. The smallest absolute Gasteiger partial charge is 0.255 e. The van der Waals surface area contributed by atoms with E-state index in [4.69, 9.17) is 15.2 Å². The van der Waals surface area contributed by atoms with Crippen LogP contribution in [0.2, 0.25) is 0 Å². The molecule has 1 aliphatic rings. The standard InChI is InChI=1S/C14H20N2O3/c1-16(14(17)13-3-2-9-19-13)11-4-6-12(7-5-11)18-10-8-15/h4-7,13H,2-3,8-10,15H2,1H3. The van der Waals surface area contributed by atoms with E-state index in [-0.39, 0.29) is 12.0 Å². The van der Waals surface area contributed by atoms with Gasteiger partial charge in [0.1, 0.15) is 18.5 Å². The van der Waals surface area contributed by atoms with Gasteiger partial charge < -0.3 is 20.1 Å². The third kappa shape index (κ3) is 3.45. The van der Waals surface area contributed by atoms with Gasteiger partial charge in [0, 0.05) is 25.9 Å². The highest BCUT2D eigenvalue weighted by Crippen LogP contribution is 2.21. The van der Waals surface area contributed by atoms with Crippen molar-refractivity contribution in [3.8, 4) is 5.75 Å². The quantitative estimate of drug-likeness (QED) is 0.867. The normalized spacial score (nSPS) is 18.3. The van der Waals surface area contributed by atoms with E-state index in [0.29, 0.717) is 19.8 Å². The van der Waals surface area contributed by atoms with Gasteiger partial charge in [0.2, 0.25) is 0 Å². The minimum Gasteiger partial charge on any atom is -0.492 e. The maximum absolute atomic E-state index is 12.2. The van der Waals surface area contributed by atoms with Crippen LogP contribution in [0.15, 0.2) is 24.3 Å². The van der Waals surface area contributed by atoms with Gasteiger partial charge in [-0.05, 0) is 37.1 Å². The van der Waals surface area contributed by atoms with E-state index in [9.17, 15) is 4.79 Å². The van der Waals surface area contributed by atoms with E-state index in [2.05, 4.69) is 0 Å². The molecule has 1 fully saturated rings. The van der Waals surface area contributed by atoms with Crippen LogP contribution < -0.4 is 15.4 Å². The lowest BCUT2D eigenvalue weighted by molar-refractivity contribution is -0.127. The summed E-state index contributed by atoms with van der Waals surface area (Å²) in [5.74, 6) is 0.764. The molecule has 5 heteroatoms. The van der Waals surface area contributed by atoms with Crippen molar-refractivity contribution >= 4 is 11.6 Å². The molecule has 1 heterocycles. The second kappa shape index (κ2) is 6.54. The number of rotatable bonds is 5. The first kappa shape index (κ1) is 13.8. The summed E-state index contributed by atoms with van der Waals surface area (Å²) in [7, 11) is 1.76.